The van der Waals surface area contributed by atoms with Crippen LogP contribution in [0.2, 0.25) is 0 Å². The molecule has 1 aromatic rings. The zero-order valence-corrected chi connectivity index (χ0v) is 13.7. The van der Waals surface area contributed by atoms with Crippen LogP contribution >= 0.6 is 0 Å². The molecule has 1 spiro atoms. The number of nitrogens with zero attached hydrogens (tertiary/aromatic N) is 1. The standard InChI is InChI=1S/C18H25FN2O2/c1-23-9-8-21-6-4-18(5-7-21)12-13(10-17(20)22)15-3-2-14(19)11-16(15)18/h2-3,11,13H,4-10,12H2,1H3,(H2,20,22)/t13-/m1/s1. The van der Waals surface area contributed by atoms with E-state index in [9.17, 15) is 9.18 Å². The SMILES string of the molecule is COCCN1CCC2(CC1)C[C@@H](CC(N)=O)c1ccc(F)cc12. The van der Waals surface area contributed by atoms with Gasteiger partial charge in [0.1, 0.15) is 5.82 Å². The van der Waals surface area contributed by atoms with Crippen LogP contribution in [0.1, 0.15) is 42.7 Å². The van der Waals surface area contributed by atoms with Crippen molar-refractivity contribution in [1.29, 1.82) is 0 Å². The Kier molecular flexibility index (Phi) is 4.69. The molecule has 0 radical (unpaired) electrons. The average molecular weight is 320 g/mol. The number of amides is 1. The summed E-state index contributed by atoms with van der Waals surface area (Å²) in [5, 5.41) is 0. The van der Waals surface area contributed by atoms with Gasteiger partial charge in [0.2, 0.25) is 5.91 Å². The first-order valence-electron chi connectivity index (χ1n) is 8.33. The maximum atomic E-state index is 13.8. The first kappa shape index (κ1) is 16.4. The van der Waals surface area contributed by atoms with Gasteiger partial charge >= 0.3 is 0 Å². The second kappa shape index (κ2) is 6.57. The molecule has 2 N–H and O–H groups in total. The maximum absolute atomic E-state index is 13.8. The molecule has 4 nitrogen and oxygen atoms in total. The van der Waals surface area contributed by atoms with E-state index < -0.39 is 0 Å². The zero-order chi connectivity index (χ0) is 16.4. The number of carbonyl (C=O) groups excluding carboxylic acids is 1. The summed E-state index contributed by atoms with van der Waals surface area (Å²) in [5.41, 5.74) is 7.65. The highest BCUT2D eigenvalue weighted by Crippen LogP contribution is 2.52. The van der Waals surface area contributed by atoms with Crippen LogP contribution in [-0.2, 0) is 14.9 Å². The van der Waals surface area contributed by atoms with Crippen LogP contribution in [0.25, 0.3) is 0 Å². The lowest BCUT2D eigenvalue weighted by Crippen LogP contribution is -2.42. The molecule has 1 aliphatic carbocycles. The second-order valence-corrected chi connectivity index (χ2v) is 6.92. The van der Waals surface area contributed by atoms with Crippen molar-refractivity contribution in [1.82, 2.24) is 4.90 Å². The summed E-state index contributed by atoms with van der Waals surface area (Å²) in [7, 11) is 1.72. The van der Waals surface area contributed by atoms with Gasteiger partial charge in [0, 0.05) is 20.1 Å². The molecule has 1 fully saturated rings. The normalized spacial score (nSPS) is 23.1. The minimum Gasteiger partial charge on any atom is -0.383 e. The lowest BCUT2D eigenvalue weighted by molar-refractivity contribution is -0.118. The molecule has 0 unspecified atom stereocenters. The van der Waals surface area contributed by atoms with Crippen molar-refractivity contribution in [3.05, 3.63) is 35.1 Å². The summed E-state index contributed by atoms with van der Waals surface area (Å²) < 4.78 is 19.0. The van der Waals surface area contributed by atoms with Gasteiger partial charge in [-0.3, -0.25) is 4.79 Å². The molecule has 126 valence electrons. The quantitative estimate of drug-likeness (QED) is 0.904. The third-order valence-electron chi connectivity index (χ3n) is 5.54. The molecular weight excluding hydrogens is 295 g/mol. The fourth-order valence-electron chi connectivity index (χ4n) is 4.36. The van der Waals surface area contributed by atoms with E-state index in [1.807, 2.05) is 6.07 Å². The van der Waals surface area contributed by atoms with E-state index in [4.69, 9.17) is 10.5 Å². The highest BCUT2D eigenvalue weighted by molar-refractivity contribution is 5.75. The Bertz CT molecular complexity index is 582. The molecule has 3 rings (SSSR count). The number of benzene rings is 1. The fraction of sp³-hybridized carbons (Fsp3) is 0.611. The van der Waals surface area contributed by atoms with Crippen LogP contribution in [0.5, 0.6) is 0 Å². The first-order valence-corrected chi connectivity index (χ1v) is 8.33. The summed E-state index contributed by atoms with van der Waals surface area (Å²) in [4.78, 5) is 13.8. The van der Waals surface area contributed by atoms with Crippen LogP contribution < -0.4 is 5.73 Å². The smallest absolute Gasteiger partial charge is 0.218 e. The predicted molar refractivity (Wildman–Crippen MR) is 86.8 cm³/mol. The number of hydrogen-bond donors (Lipinski definition) is 1. The maximum Gasteiger partial charge on any atom is 0.218 e. The average Bonchev–Trinajstić information content (AvgIpc) is 2.79. The van der Waals surface area contributed by atoms with E-state index in [0.717, 1.165) is 56.6 Å². The van der Waals surface area contributed by atoms with Gasteiger partial charge in [-0.2, -0.15) is 0 Å². The number of primary amides is 1. The Balaban J connectivity index is 1.81. The number of likely N-dealkylation sites (tertiary alicyclic amines) is 1. The largest absolute Gasteiger partial charge is 0.383 e. The van der Waals surface area contributed by atoms with Crippen molar-refractivity contribution in [3.63, 3.8) is 0 Å². The minimum absolute atomic E-state index is 0.00111. The molecule has 23 heavy (non-hydrogen) atoms. The molecule has 1 aromatic carbocycles. The third-order valence-corrected chi connectivity index (χ3v) is 5.54. The van der Waals surface area contributed by atoms with Gasteiger partial charge in [0.05, 0.1) is 6.61 Å². The molecule has 2 aliphatic rings. The fourth-order valence-corrected chi connectivity index (χ4v) is 4.36. The Morgan fingerprint density at radius 1 is 1.43 bits per heavy atom. The highest BCUT2D eigenvalue weighted by atomic mass is 19.1. The van der Waals surface area contributed by atoms with Crippen LogP contribution in [0.4, 0.5) is 4.39 Å². The summed E-state index contributed by atoms with van der Waals surface area (Å²) in [6, 6.07) is 5.03. The van der Waals surface area contributed by atoms with Gasteiger partial charge < -0.3 is 15.4 Å². The van der Waals surface area contributed by atoms with Crippen LogP contribution in [-0.4, -0.2) is 44.2 Å². The summed E-state index contributed by atoms with van der Waals surface area (Å²) in [5.74, 6) is -0.335. The topological polar surface area (TPSA) is 55.6 Å². The van der Waals surface area contributed by atoms with Crippen molar-refractivity contribution in [2.24, 2.45) is 5.73 Å². The number of piperidine rings is 1. The van der Waals surface area contributed by atoms with Gasteiger partial charge in [0.25, 0.3) is 0 Å². The predicted octanol–water partition coefficient (Wildman–Crippen LogP) is 2.17. The molecule has 1 amide bonds. The van der Waals surface area contributed by atoms with E-state index >= 15 is 0 Å². The van der Waals surface area contributed by atoms with Crippen LogP contribution in [0.3, 0.4) is 0 Å². The number of hydrogen-bond acceptors (Lipinski definition) is 3. The van der Waals surface area contributed by atoms with E-state index in [-0.39, 0.29) is 23.1 Å². The Morgan fingerprint density at radius 3 is 2.83 bits per heavy atom. The number of ether oxygens (including phenoxy) is 1. The molecule has 1 aliphatic heterocycles. The van der Waals surface area contributed by atoms with Crippen molar-refractivity contribution < 1.29 is 13.9 Å². The number of rotatable bonds is 5. The van der Waals surface area contributed by atoms with Gasteiger partial charge in [-0.25, -0.2) is 4.39 Å². The molecule has 1 atom stereocenters. The minimum atomic E-state index is -0.278. The molecule has 0 aromatic heterocycles. The number of nitrogens with two attached hydrogens (primary N) is 1. The zero-order valence-electron chi connectivity index (χ0n) is 13.7. The highest BCUT2D eigenvalue weighted by Gasteiger charge is 2.45. The summed E-state index contributed by atoms with van der Waals surface area (Å²) >= 11 is 0. The van der Waals surface area contributed by atoms with Gasteiger partial charge in [-0.15, -0.1) is 0 Å². The summed E-state index contributed by atoms with van der Waals surface area (Å²) in [6.45, 7) is 3.65. The number of methoxy groups -OCH3 is 1. The summed E-state index contributed by atoms with van der Waals surface area (Å²) in [6.07, 6.45) is 3.27. The molecule has 5 heteroatoms. The third kappa shape index (κ3) is 3.26. The van der Waals surface area contributed by atoms with Crippen molar-refractivity contribution in [3.8, 4) is 0 Å². The molecular formula is C18H25FN2O2. The monoisotopic (exact) mass is 320 g/mol. The molecule has 1 saturated heterocycles. The van der Waals surface area contributed by atoms with Crippen molar-refractivity contribution >= 4 is 5.91 Å². The Hall–Kier alpha value is -1.46. The van der Waals surface area contributed by atoms with Crippen LogP contribution in [0.15, 0.2) is 18.2 Å². The number of halogens is 1. The van der Waals surface area contributed by atoms with E-state index in [1.165, 1.54) is 6.07 Å². The van der Waals surface area contributed by atoms with E-state index in [1.54, 1.807) is 13.2 Å². The van der Waals surface area contributed by atoms with Crippen molar-refractivity contribution in [2.45, 2.75) is 37.0 Å². The van der Waals surface area contributed by atoms with Crippen molar-refractivity contribution in [2.75, 3.05) is 33.4 Å². The second-order valence-electron chi connectivity index (χ2n) is 6.92. The van der Waals surface area contributed by atoms with Gasteiger partial charge in [-0.1, -0.05) is 6.07 Å². The Morgan fingerprint density at radius 2 is 2.17 bits per heavy atom. The molecule has 0 saturated carbocycles. The lowest BCUT2D eigenvalue weighted by atomic mass is 9.73. The Labute approximate surface area is 136 Å². The molecule has 0 bridgehead atoms. The number of fused-ring (bicyclic) bond motifs is 2. The lowest BCUT2D eigenvalue weighted by Gasteiger charge is -2.40. The van der Waals surface area contributed by atoms with Gasteiger partial charge in [-0.05, 0) is 66.9 Å². The number of carbonyl (C=O) groups is 1. The van der Waals surface area contributed by atoms with Crippen LogP contribution in [0, 0.1) is 5.82 Å². The van der Waals surface area contributed by atoms with E-state index in [2.05, 4.69) is 4.90 Å². The first-order chi connectivity index (χ1) is 11.0. The van der Waals surface area contributed by atoms with E-state index in [0.29, 0.717) is 6.42 Å². The van der Waals surface area contributed by atoms with Gasteiger partial charge in [0.15, 0.2) is 0 Å². The molecule has 1 heterocycles.